The molecule has 276 valence electrons. The quantitative estimate of drug-likeness (QED) is 0.170. The Balaban J connectivity index is 1.68. The number of carbonyl (C=O) groups excluding carboxylic acids is 7. The molecule has 2 fully saturated rings. The Morgan fingerprint density at radius 3 is 2.25 bits per heavy atom. The lowest BCUT2D eigenvalue weighted by atomic mass is 9.85. The summed E-state index contributed by atoms with van der Waals surface area (Å²) in [6.07, 6.45) is -2.83. The monoisotopic (exact) mass is 745 g/mol. The maximum Gasteiger partial charge on any atom is 0.258 e. The number of amides is 7. The van der Waals surface area contributed by atoms with Crippen LogP contribution in [0.1, 0.15) is 44.5 Å². The lowest BCUT2D eigenvalue weighted by Crippen LogP contribution is -2.58. The van der Waals surface area contributed by atoms with Gasteiger partial charge in [0.05, 0.1) is 34.5 Å². The maximum absolute atomic E-state index is 14.0. The molecule has 0 unspecified atom stereocenters. The summed E-state index contributed by atoms with van der Waals surface area (Å²) < 4.78 is 0. The first-order valence-corrected chi connectivity index (χ1v) is 18.1. The minimum atomic E-state index is -1.63. The SMILES string of the molecule is Cc1ncsc1-c1ccc([C@H]2NC(=O)[C@@H]3C[C@@H](O)CN3C(=O)[C@H](C(C)(C)C)NC(=O)CSC[C@H](C(N)=O)NC(=O)[C@@H](N)NC(=O)CNC2=O)cc1. The number of aromatic nitrogens is 1. The minimum Gasteiger partial charge on any atom is -0.391 e. The van der Waals surface area contributed by atoms with Crippen molar-refractivity contribution in [3.8, 4) is 10.4 Å². The largest absolute Gasteiger partial charge is 0.391 e. The van der Waals surface area contributed by atoms with Crippen molar-refractivity contribution in [3.63, 3.8) is 0 Å². The average molecular weight is 746 g/mol. The van der Waals surface area contributed by atoms with Crippen LogP contribution in [0.4, 0.5) is 0 Å². The number of carbonyl (C=O) groups is 7. The minimum absolute atomic E-state index is 0.133. The lowest BCUT2D eigenvalue weighted by Gasteiger charge is -2.35. The van der Waals surface area contributed by atoms with E-state index in [2.05, 4.69) is 31.6 Å². The number of hydrogen-bond acceptors (Lipinski definition) is 12. The Labute approximate surface area is 302 Å². The highest BCUT2D eigenvalue weighted by atomic mass is 32.2. The molecule has 17 nitrogen and oxygen atoms in total. The summed E-state index contributed by atoms with van der Waals surface area (Å²) in [5.41, 5.74) is 14.1. The smallest absolute Gasteiger partial charge is 0.258 e. The number of primary amides is 1. The summed E-state index contributed by atoms with van der Waals surface area (Å²) in [5.74, 6) is -5.83. The highest BCUT2D eigenvalue weighted by molar-refractivity contribution is 8.00. The van der Waals surface area contributed by atoms with Gasteiger partial charge in [0.1, 0.15) is 24.2 Å². The molecule has 2 aromatic rings. The molecule has 0 saturated carbocycles. The predicted molar refractivity (Wildman–Crippen MR) is 188 cm³/mol. The van der Waals surface area contributed by atoms with Gasteiger partial charge in [0, 0.05) is 18.7 Å². The normalized spacial score (nSPS) is 26.5. The van der Waals surface area contributed by atoms with E-state index in [-0.39, 0.29) is 24.5 Å². The molecule has 0 bridgehead atoms. The fourth-order valence-corrected chi connectivity index (χ4v) is 7.23. The van der Waals surface area contributed by atoms with E-state index >= 15 is 0 Å². The van der Waals surface area contributed by atoms with Gasteiger partial charge in [-0.05, 0) is 23.5 Å². The first-order valence-electron chi connectivity index (χ1n) is 16.0. The Hall–Kier alpha value is -4.59. The van der Waals surface area contributed by atoms with Gasteiger partial charge < -0.3 is 48.1 Å². The number of nitrogens with two attached hydrogens (primary N) is 2. The zero-order valence-corrected chi connectivity index (χ0v) is 30.2. The number of rotatable bonds is 3. The first-order chi connectivity index (χ1) is 24.0. The van der Waals surface area contributed by atoms with Crippen molar-refractivity contribution in [1.29, 1.82) is 0 Å². The number of aliphatic hydroxyl groups is 1. The second-order valence-corrected chi connectivity index (χ2v) is 15.2. The van der Waals surface area contributed by atoms with Crippen molar-refractivity contribution in [2.75, 3.05) is 24.6 Å². The van der Waals surface area contributed by atoms with Crippen molar-refractivity contribution < 1.29 is 38.7 Å². The number of nitrogens with zero attached hydrogens (tertiary/aromatic N) is 2. The predicted octanol–water partition coefficient (Wildman–Crippen LogP) is -2.00. The summed E-state index contributed by atoms with van der Waals surface area (Å²) >= 11 is 2.39. The molecule has 1 aromatic heterocycles. The first kappa shape index (κ1) is 39.2. The summed E-state index contributed by atoms with van der Waals surface area (Å²) in [5, 5.41) is 23.0. The van der Waals surface area contributed by atoms with Gasteiger partial charge in [-0.3, -0.25) is 33.6 Å². The fourth-order valence-electron chi connectivity index (χ4n) is 5.55. The number of thiazole rings is 1. The third-order valence-corrected chi connectivity index (χ3v) is 10.3. The molecule has 3 heterocycles. The second-order valence-electron chi connectivity index (χ2n) is 13.3. The summed E-state index contributed by atoms with van der Waals surface area (Å²) in [6.45, 7) is 6.18. The molecule has 2 aliphatic rings. The van der Waals surface area contributed by atoms with E-state index in [0.29, 0.717) is 5.56 Å². The van der Waals surface area contributed by atoms with Gasteiger partial charge in [0.15, 0.2) is 6.17 Å². The van der Waals surface area contributed by atoms with E-state index in [4.69, 9.17) is 11.5 Å². The van der Waals surface area contributed by atoms with Crippen LogP contribution in [0.2, 0.25) is 0 Å². The van der Waals surface area contributed by atoms with Crippen molar-refractivity contribution >= 4 is 64.4 Å². The maximum atomic E-state index is 14.0. The summed E-state index contributed by atoms with van der Waals surface area (Å²) in [6, 6.07) is 1.80. The number of aryl methyl sites for hydroxylation is 1. The van der Waals surface area contributed by atoms with Crippen LogP contribution in [-0.2, 0) is 33.6 Å². The van der Waals surface area contributed by atoms with Crippen LogP contribution in [0, 0.1) is 12.3 Å². The molecule has 51 heavy (non-hydrogen) atoms. The van der Waals surface area contributed by atoms with Gasteiger partial charge >= 0.3 is 0 Å². The number of thioether (sulfide) groups is 1. The lowest BCUT2D eigenvalue weighted by molar-refractivity contribution is -0.144. The fraction of sp³-hybridized carbons (Fsp3) is 0.500. The Morgan fingerprint density at radius 2 is 1.65 bits per heavy atom. The van der Waals surface area contributed by atoms with Crippen molar-refractivity contribution in [1.82, 2.24) is 36.5 Å². The molecule has 0 spiro atoms. The molecule has 7 amide bonds. The molecule has 2 saturated heterocycles. The molecule has 4 rings (SSSR count). The molecular weight excluding hydrogens is 703 g/mol. The molecule has 0 aliphatic carbocycles. The van der Waals surface area contributed by atoms with Crippen LogP contribution < -0.4 is 38.1 Å². The Bertz CT molecular complexity index is 1660. The average Bonchev–Trinajstić information content (AvgIpc) is 3.68. The molecule has 1 aromatic carbocycles. The summed E-state index contributed by atoms with van der Waals surface area (Å²) in [7, 11) is 0. The van der Waals surface area contributed by atoms with Crippen LogP contribution in [0.25, 0.3) is 10.4 Å². The number of nitrogens with one attached hydrogen (secondary N) is 5. The third kappa shape index (κ3) is 10.0. The molecule has 10 N–H and O–H groups in total. The van der Waals surface area contributed by atoms with E-state index in [1.54, 1.807) is 50.5 Å². The van der Waals surface area contributed by atoms with Crippen molar-refractivity contribution in [2.24, 2.45) is 16.9 Å². The second kappa shape index (κ2) is 16.6. The molecule has 6 atom stereocenters. The third-order valence-electron chi connectivity index (χ3n) is 8.28. The van der Waals surface area contributed by atoms with E-state index in [1.807, 2.05) is 6.92 Å². The number of benzene rings is 1. The molecule has 0 radical (unpaired) electrons. The Morgan fingerprint density at radius 1 is 0.961 bits per heavy atom. The van der Waals surface area contributed by atoms with Crippen LogP contribution in [0.15, 0.2) is 29.8 Å². The van der Waals surface area contributed by atoms with Gasteiger partial charge in [-0.25, -0.2) is 4.98 Å². The number of aliphatic hydroxyl groups excluding tert-OH is 1. The topological polar surface area (TPSA) is 268 Å². The zero-order valence-electron chi connectivity index (χ0n) is 28.6. The Kier molecular flexibility index (Phi) is 12.8. The van der Waals surface area contributed by atoms with Crippen LogP contribution in [-0.4, -0.2) is 111 Å². The van der Waals surface area contributed by atoms with Gasteiger partial charge in [0.2, 0.25) is 35.4 Å². The molecule has 19 heteroatoms. The van der Waals surface area contributed by atoms with Gasteiger partial charge in [0.25, 0.3) is 5.91 Å². The number of fused-ring (bicyclic) bond motifs is 1. The van der Waals surface area contributed by atoms with Crippen molar-refractivity contribution in [2.45, 2.75) is 70.6 Å². The van der Waals surface area contributed by atoms with Gasteiger partial charge in [-0.15, -0.1) is 23.1 Å². The van der Waals surface area contributed by atoms with E-state index in [0.717, 1.165) is 27.9 Å². The van der Waals surface area contributed by atoms with E-state index in [9.17, 15) is 38.7 Å². The number of hydrogen-bond donors (Lipinski definition) is 8. The van der Waals surface area contributed by atoms with Crippen molar-refractivity contribution in [3.05, 3.63) is 41.0 Å². The van der Waals surface area contributed by atoms with E-state index < -0.39 is 89.7 Å². The van der Waals surface area contributed by atoms with Crippen LogP contribution >= 0.6 is 23.1 Å². The van der Waals surface area contributed by atoms with Crippen LogP contribution in [0.3, 0.4) is 0 Å². The van der Waals surface area contributed by atoms with E-state index in [1.165, 1.54) is 16.2 Å². The molecule has 2 aliphatic heterocycles. The van der Waals surface area contributed by atoms with Gasteiger partial charge in [-0.1, -0.05) is 45.0 Å². The van der Waals surface area contributed by atoms with Crippen LogP contribution in [0.5, 0.6) is 0 Å². The van der Waals surface area contributed by atoms with Gasteiger partial charge in [-0.2, -0.15) is 0 Å². The highest BCUT2D eigenvalue weighted by Crippen LogP contribution is 2.30. The summed E-state index contributed by atoms with van der Waals surface area (Å²) in [4.78, 5) is 98.4. The molecular formula is C32H43N9O8S2. The highest BCUT2D eigenvalue weighted by Gasteiger charge is 2.45. The standard InChI is InChI=1S/C32H43N9O8S2/c1-15-24(51-14-36-15)17-7-5-16(6-8-17)23-29(47)35-10-21(43)39-26(33)30(48)37-19(27(34)45)12-50-13-22(44)38-25(32(2,3)4)31(49)41-11-18(42)9-20(41)28(46)40-23/h5-8,14,18-20,23,25-26,42H,9-13,33H2,1-4H3,(H2,34,45)(H,35,47)(H,37,48)(H,38,44)(H,39,43)(H,40,46)/t18-,19-,20+,23-,25-,26+/m1/s1. The zero-order chi connectivity index (χ0) is 37.6.